The maximum Gasteiger partial charge on any atom is 0.126 e. The van der Waals surface area contributed by atoms with Crippen molar-refractivity contribution in [2.75, 3.05) is 12.4 Å². The van der Waals surface area contributed by atoms with Gasteiger partial charge in [0.1, 0.15) is 5.82 Å². The van der Waals surface area contributed by atoms with Gasteiger partial charge in [-0.3, -0.25) is 0 Å². The summed E-state index contributed by atoms with van der Waals surface area (Å²) in [6.07, 6.45) is 4.11. The van der Waals surface area contributed by atoms with Gasteiger partial charge in [0, 0.05) is 12.4 Å². The average Bonchev–Trinajstić information content (AvgIpc) is 2.28. The molecule has 0 aliphatic carbocycles. The molecule has 0 fully saturated rings. The highest BCUT2D eigenvalue weighted by Gasteiger charge is 1.97. The van der Waals surface area contributed by atoms with E-state index in [2.05, 4.69) is 40.6 Å². The molecule has 2 aromatic rings. The molecule has 15 heavy (non-hydrogen) atoms. The van der Waals surface area contributed by atoms with Crippen LogP contribution in [0.4, 0.5) is 5.82 Å². The van der Waals surface area contributed by atoms with Crippen LogP contribution in [0.3, 0.4) is 0 Å². The molecule has 76 valence electrons. The average molecular weight is 198 g/mol. The molecule has 0 aliphatic heterocycles. The van der Waals surface area contributed by atoms with Crippen molar-refractivity contribution in [2.45, 2.75) is 6.92 Å². The quantitative estimate of drug-likeness (QED) is 0.800. The minimum absolute atomic E-state index is 0.903. The molecule has 1 aromatic carbocycles. The van der Waals surface area contributed by atoms with E-state index in [1.807, 2.05) is 26.1 Å². The molecule has 0 saturated carbocycles. The van der Waals surface area contributed by atoms with Crippen molar-refractivity contribution in [2.24, 2.45) is 0 Å². The molecule has 1 aromatic heterocycles. The molecule has 2 rings (SSSR count). The monoisotopic (exact) mass is 198 g/mol. The van der Waals surface area contributed by atoms with Crippen molar-refractivity contribution in [1.82, 2.24) is 4.98 Å². The molecule has 0 spiro atoms. The third-order valence-corrected chi connectivity index (χ3v) is 2.33. The van der Waals surface area contributed by atoms with Gasteiger partial charge < -0.3 is 5.32 Å². The van der Waals surface area contributed by atoms with Crippen molar-refractivity contribution >= 4 is 22.8 Å². The highest BCUT2D eigenvalue weighted by molar-refractivity contribution is 5.82. The summed E-state index contributed by atoms with van der Waals surface area (Å²) in [4.78, 5) is 4.49. The van der Waals surface area contributed by atoms with Gasteiger partial charge in [0.25, 0.3) is 0 Å². The maximum absolute atomic E-state index is 4.49. The number of aromatic nitrogens is 1. The first-order valence-electron chi connectivity index (χ1n) is 5.05. The zero-order chi connectivity index (χ0) is 10.7. The van der Waals surface area contributed by atoms with Gasteiger partial charge in [-0.15, -0.1) is 0 Å². The first-order valence-corrected chi connectivity index (χ1v) is 5.05. The van der Waals surface area contributed by atoms with Crippen LogP contribution < -0.4 is 5.32 Å². The Labute approximate surface area is 89.7 Å². The van der Waals surface area contributed by atoms with Gasteiger partial charge in [-0.25, -0.2) is 4.98 Å². The minimum atomic E-state index is 0.903. The Balaban J connectivity index is 2.57. The summed E-state index contributed by atoms with van der Waals surface area (Å²) < 4.78 is 0. The van der Waals surface area contributed by atoms with Crippen molar-refractivity contribution in [3.8, 4) is 0 Å². The number of pyridine rings is 1. The molecule has 0 saturated heterocycles. The van der Waals surface area contributed by atoms with E-state index in [-0.39, 0.29) is 0 Å². The van der Waals surface area contributed by atoms with Crippen LogP contribution in [0.5, 0.6) is 0 Å². The fourth-order valence-electron chi connectivity index (χ4n) is 1.57. The molecule has 2 nitrogen and oxygen atoms in total. The molecule has 2 heteroatoms. The van der Waals surface area contributed by atoms with Crippen LogP contribution in [0, 0.1) is 0 Å². The van der Waals surface area contributed by atoms with E-state index in [4.69, 9.17) is 0 Å². The molecule has 0 bridgehead atoms. The first kappa shape index (κ1) is 9.71. The lowest BCUT2D eigenvalue weighted by molar-refractivity contribution is 1.34. The Bertz CT molecular complexity index is 501. The van der Waals surface area contributed by atoms with Gasteiger partial charge in [-0.2, -0.15) is 0 Å². The van der Waals surface area contributed by atoms with Gasteiger partial charge in [0.15, 0.2) is 0 Å². The van der Waals surface area contributed by atoms with Crippen molar-refractivity contribution in [3.05, 3.63) is 42.0 Å². The van der Waals surface area contributed by atoms with Crippen LogP contribution in [0.1, 0.15) is 12.5 Å². The molecule has 0 atom stereocenters. The standard InChI is InChI=1S/C13H14N2/c1-3-4-10-5-6-11-7-8-13(14-2)15-12(11)9-10/h3-9H,1-2H3,(H,14,15)/b4-3+. The number of hydrogen-bond donors (Lipinski definition) is 1. The third-order valence-electron chi connectivity index (χ3n) is 2.33. The summed E-state index contributed by atoms with van der Waals surface area (Å²) in [5.41, 5.74) is 2.21. The number of allylic oxidation sites excluding steroid dienone is 1. The summed E-state index contributed by atoms with van der Waals surface area (Å²) in [7, 11) is 1.88. The minimum Gasteiger partial charge on any atom is -0.373 e. The summed E-state index contributed by atoms with van der Waals surface area (Å²) >= 11 is 0. The number of anilines is 1. The highest BCUT2D eigenvalue weighted by Crippen LogP contribution is 2.17. The van der Waals surface area contributed by atoms with Crippen LogP contribution in [0.25, 0.3) is 17.0 Å². The predicted molar refractivity (Wildman–Crippen MR) is 66.0 cm³/mol. The van der Waals surface area contributed by atoms with E-state index in [9.17, 15) is 0 Å². The van der Waals surface area contributed by atoms with E-state index in [1.54, 1.807) is 0 Å². The Morgan fingerprint density at radius 3 is 2.73 bits per heavy atom. The van der Waals surface area contributed by atoms with Gasteiger partial charge >= 0.3 is 0 Å². The Morgan fingerprint density at radius 2 is 2.00 bits per heavy atom. The number of fused-ring (bicyclic) bond motifs is 1. The second-order valence-electron chi connectivity index (χ2n) is 3.40. The SMILES string of the molecule is C/C=C/c1ccc2ccc(NC)nc2c1. The molecule has 1 N–H and O–H groups in total. The number of rotatable bonds is 2. The van der Waals surface area contributed by atoms with E-state index in [0.29, 0.717) is 0 Å². The van der Waals surface area contributed by atoms with Crippen molar-refractivity contribution < 1.29 is 0 Å². The van der Waals surface area contributed by atoms with E-state index >= 15 is 0 Å². The Hall–Kier alpha value is -1.83. The van der Waals surface area contributed by atoms with Crippen LogP contribution in [-0.4, -0.2) is 12.0 Å². The van der Waals surface area contributed by atoms with Crippen molar-refractivity contribution in [3.63, 3.8) is 0 Å². The summed E-state index contributed by atoms with van der Waals surface area (Å²) in [5, 5.41) is 4.21. The van der Waals surface area contributed by atoms with Crippen LogP contribution >= 0.6 is 0 Å². The van der Waals surface area contributed by atoms with Gasteiger partial charge in [0.05, 0.1) is 5.52 Å². The number of nitrogens with zero attached hydrogens (tertiary/aromatic N) is 1. The number of nitrogens with one attached hydrogen (secondary N) is 1. The number of benzene rings is 1. The zero-order valence-electron chi connectivity index (χ0n) is 8.99. The molecular formula is C13H14N2. The van der Waals surface area contributed by atoms with Crippen LogP contribution in [0.15, 0.2) is 36.4 Å². The van der Waals surface area contributed by atoms with E-state index in [1.165, 1.54) is 10.9 Å². The van der Waals surface area contributed by atoms with Crippen LogP contribution in [-0.2, 0) is 0 Å². The molecule has 0 aliphatic rings. The normalized spacial score (nSPS) is 11.1. The smallest absolute Gasteiger partial charge is 0.126 e. The predicted octanol–water partition coefficient (Wildman–Crippen LogP) is 3.31. The molecule has 0 amide bonds. The lowest BCUT2D eigenvalue weighted by atomic mass is 10.1. The summed E-state index contributed by atoms with van der Waals surface area (Å²) in [6.45, 7) is 2.02. The second-order valence-corrected chi connectivity index (χ2v) is 3.40. The van der Waals surface area contributed by atoms with E-state index < -0.39 is 0 Å². The number of hydrogen-bond acceptors (Lipinski definition) is 2. The van der Waals surface area contributed by atoms with Crippen molar-refractivity contribution in [1.29, 1.82) is 0 Å². The largest absolute Gasteiger partial charge is 0.373 e. The summed E-state index contributed by atoms with van der Waals surface area (Å²) in [6, 6.07) is 10.3. The molecule has 0 radical (unpaired) electrons. The zero-order valence-corrected chi connectivity index (χ0v) is 8.99. The lowest BCUT2D eigenvalue weighted by Gasteiger charge is -2.02. The maximum atomic E-state index is 4.49. The molecule has 1 heterocycles. The third kappa shape index (κ3) is 1.99. The first-order chi connectivity index (χ1) is 7.33. The molecular weight excluding hydrogens is 184 g/mol. The lowest BCUT2D eigenvalue weighted by Crippen LogP contribution is -1.91. The highest BCUT2D eigenvalue weighted by atomic mass is 15.0. The second kappa shape index (κ2) is 4.13. The Morgan fingerprint density at radius 1 is 1.20 bits per heavy atom. The van der Waals surface area contributed by atoms with Gasteiger partial charge in [0.2, 0.25) is 0 Å². The Kier molecular flexibility index (Phi) is 2.68. The molecule has 0 unspecified atom stereocenters. The van der Waals surface area contributed by atoms with Gasteiger partial charge in [-0.05, 0) is 30.7 Å². The fraction of sp³-hybridized carbons (Fsp3) is 0.154. The summed E-state index contributed by atoms with van der Waals surface area (Å²) in [5.74, 6) is 0.903. The fourth-order valence-corrected chi connectivity index (χ4v) is 1.57. The topological polar surface area (TPSA) is 24.9 Å². The van der Waals surface area contributed by atoms with Crippen LogP contribution in [0.2, 0.25) is 0 Å². The van der Waals surface area contributed by atoms with Gasteiger partial charge in [-0.1, -0.05) is 24.3 Å². The van der Waals surface area contributed by atoms with E-state index in [0.717, 1.165) is 11.3 Å².